The van der Waals surface area contributed by atoms with Crippen LogP contribution in [0.1, 0.15) is 50.4 Å². The van der Waals surface area contributed by atoms with Gasteiger partial charge in [0.2, 0.25) is 5.95 Å². The number of hydrogen-bond acceptors (Lipinski definition) is 9. The second kappa shape index (κ2) is 9.85. The van der Waals surface area contributed by atoms with Gasteiger partial charge in [-0.05, 0) is 47.2 Å². The number of carbonyl (C=O) groups is 1. The van der Waals surface area contributed by atoms with Crippen molar-refractivity contribution in [3.63, 3.8) is 0 Å². The maximum Gasteiger partial charge on any atom is 0.410 e. The van der Waals surface area contributed by atoms with Gasteiger partial charge in [0.05, 0.1) is 23.6 Å². The summed E-state index contributed by atoms with van der Waals surface area (Å²) >= 11 is 0. The zero-order valence-electron chi connectivity index (χ0n) is 20.3. The summed E-state index contributed by atoms with van der Waals surface area (Å²) in [5.41, 5.74) is 1.68. The van der Waals surface area contributed by atoms with Crippen LogP contribution in [0.2, 0.25) is 0 Å². The molecule has 2 aliphatic heterocycles. The van der Waals surface area contributed by atoms with Crippen LogP contribution in [0.3, 0.4) is 0 Å². The Hall–Kier alpha value is -3.39. The van der Waals surface area contributed by atoms with Gasteiger partial charge in [0.15, 0.2) is 0 Å². The average Bonchev–Trinajstić information content (AvgIpc) is 3.38. The van der Waals surface area contributed by atoms with E-state index in [9.17, 15) is 10.1 Å². The zero-order valence-corrected chi connectivity index (χ0v) is 20.3. The van der Waals surface area contributed by atoms with Crippen molar-refractivity contribution in [2.24, 2.45) is 0 Å². The van der Waals surface area contributed by atoms with Crippen LogP contribution in [0, 0.1) is 18.3 Å². The predicted molar refractivity (Wildman–Crippen MR) is 128 cm³/mol. The maximum absolute atomic E-state index is 12.1. The van der Waals surface area contributed by atoms with Crippen LogP contribution in [0.5, 0.6) is 0 Å². The standard InChI is InChI=1S/C23H33N9O2/c1-16-19(15-32(29-16)18-6-10-30(4)14-18)27-21-26-13-17(12-24)20(28-21)25-8-5-9-31-11-7-23(2,3)34-22(31)33/h13,15,18H,5-11,14H2,1-4H3,(H2,25,26,27,28). The first kappa shape index (κ1) is 23.8. The number of aromatic nitrogens is 4. The number of likely N-dealkylation sites (tertiary alicyclic amines) is 1. The molecule has 2 fully saturated rings. The van der Waals surface area contributed by atoms with Crippen LogP contribution >= 0.6 is 0 Å². The van der Waals surface area contributed by atoms with Crippen molar-refractivity contribution < 1.29 is 9.53 Å². The van der Waals surface area contributed by atoms with Crippen LogP contribution in [0.15, 0.2) is 12.4 Å². The SMILES string of the molecule is Cc1nn(C2CCN(C)C2)cc1Nc1ncc(C#N)c(NCCCN2CCC(C)(C)OC2=O)n1. The van der Waals surface area contributed by atoms with E-state index in [0.29, 0.717) is 49.4 Å². The number of hydrogen-bond donors (Lipinski definition) is 2. The first-order chi connectivity index (χ1) is 16.2. The third kappa shape index (κ3) is 5.56. The Bertz CT molecular complexity index is 1070. The highest BCUT2D eigenvalue weighted by Gasteiger charge is 2.32. The molecule has 2 aromatic heterocycles. The van der Waals surface area contributed by atoms with Gasteiger partial charge in [-0.15, -0.1) is 0 Å². The normalized spacial score (nSPS) is 20.1. The van der Waals surface area contributed by atoms with Crippen molar-refractivity contribution in [3.8, 4) is 6.07 Å². The number of likely N-dealkylation sites (N-methyl/N-ethyl adjacent to an activating group) is 1. The molecule has 1 atom stereocenters. The van der Waals surface area contributed by atoms with E-state index in [2.05, 4.69) is 43.7 Å². The van der Waals surface area contributed by atoms with Crippen LogP contribution in [-0.4, -0.2) is 81.0 Å². The number of aryl methyl sites for hydroxylation is 1. The smallest absolute Gasteiger partial charge is 0.410 e. The zero-order chi connectivity index (χ0) is 24.3. The summed E-state index contributed by atoms with van der Waals surface area (Å²) in [5, 5.41) is 20.6. The molecule has 1 unspecified atom stereocenters. The molecule has 34 heavy (non-hydrogen) atoms. The fourth-order valence-corrected chi connectivity index (χ4v) is 4.23. The van der Waals surface area contributed by atoms with Gasteiger partial charge in [-0.2, -0.15) is 15.3 Å². The molecule has 1 amide bonds. The third-order valence-electron chi connectivity index (χ3n) is 6.32. The van der Waals surface area contributed by atoms with E-state index in [1.54, 1.807) is 4.90 Å². The summed E-state index contributed by atoms with van der Waals surface area (Å²) in [5.74, 6) is 0.861. The molecule has 4 rings (SSSR count). The fraction of sp³-hybridized carbons (Fsp3) is 0.609. The van der Waals surface area contributed by atoms with E-state index in [1.165, 1.54) is 6.20 Å². The van der Waals surface area contributed by atoms with Crippen molar-refractivity contribution in [1.29, 1.82) is 5.26 Å². The maximum atomic E-state index is 12.1. The summed E-state index contributed by atoms with van der Waals surface area (Å²) in [7, 11) is 2.12. The third-order valence-corrected chi connectivity index (χ3v) is 6.32. The van der Waals surface area contributed by atoms with Gasteiger partial charge < -0.3 is 25.2 Å². The molecule has 0 spiro atoms. The Kier molecular flexibility index (Phi) is 6.88. The summed E-state index contributed by atoms with van der Waals surface area (Å²) in [6, 6.07) is 2.49. The van der Waals surface area contributed by atoms with Gasteiger partial charge in [0, 0.05) is 38.8 Å². The molecule has 2 saturated heterocycles. The van der Waals surface area contributed by atoms with Crippen molar-refractivity contribution in [2.45, 2.75) is 51.7 Å². The number of nitrogens with zero attached hydrogens (tertiary/aromatic N) is 7. The Labute approximate surface area is 200 Å². The van der Waals surface area contributed by atoms with Gasteiger partial charge in [0.25, 0.3) is 0 Å². The molecule has 0 aliphatic carbocycles. The van der Waals surface area contributed by atoms with E-state index >= 15 is 0 Å². The monoisotopic (exact) mass is 467 g/mol. The number of ether oxygens (including phenoxy) is 1. The largest absolute Gasteiger partial charge is 0.443 e. The van der Waals surface area contributed by atoms with Gasteiger partial charge in [-0.25, -0.2) is 9.78 Å². The first-order valence-corrected chi connectivity index (χ1v) is 11.7. The van der Waals surface area contributed by atoms with Gasteiger partial charge in [-0.3, -0.25) is 4.68 Å². The summed E-state index contributed by atoms with van der Waals surface area (Å²) in [4.78, 5) is 24.9. The number of nitriles is 1. The van der Waals surface area contributed by atoms with Crippen molar-refractivity contribution >= 4 is 23.5 Å². The predicted octanol–water partition coefficient (Wildman–Crippen LogP) is 2.90. The molecule has 4 heterocycles. The number of amides is 1. The molecular weight excluding hydrogens is 434 g/mol. The highest BCUT2D eigenvalue weighted by Crippen LogP contribution is 2.25. The topological polar surface area (TPSA) is 124 Å². The number of nitrogens with one attached hydrogen (secondary N) is 2. The van der Waals surface area contributed by atoms with Gasteiger partial charge in [0.1, 0.15) is 23.1 Å². The first-order valence-electron chi connectivity index (χ1n) is 11.7. The molecule has 2 aliphatic rings. The van der Waals surface area contributed by atoms with Crippen LogP contribution in [0.4, 0.5) is 22.2 Å². The highest BCUT2D eigenvalue weighted by atomic mass is 16.6. The van der Waals surface area contributed by atoms with E-state index in [-0.39, 0.29) is 6.09 Å². The van der Waals surface area contributed by atoms with Crippen molar-refractivity contribution in [2.75, 3.05) is 50.4 Å². The van der Waals surface area contributed by atoms with Crippen molar-refractivity contribution in [1.82, 2.24) is 29.5 Å². The van der Waals surface area contributed by atoms with Gasteiger partial charge >= 0.3 is 6.09 Å². The molecule has 0 radical (unpaired) electrons. The molecule has 0 bridgehead atoms. The average molecular weight is 468 g/mol. The number of cyclic esters (lactones) is 1. The lowest BCUT2D eigenvalue weighted by atomic mass is 10.0. The molecule has 2 aromatic rings. The molecule has 182 valence electrons. The summed E-state index contributed by atoms with van der Waals surface area (Å²) in [6.45, 7) is 9.67. The fourth-order valence-electron chi connectivity index (χ4n) is 4.23. The van der Waals surface area contributed by atoms with Crippen LogP contribution in [-0.2, 0) is 4.74 Å². The molecule has 0 saturated carbocycles. The Morgan fingerprint density at radius 3 is 2.88 bits per heavy atom. The minimum Gasteiger partial charge on any atom is -0.443 e. The molecule has 2 N–H and O–H groups in total. The molecule has 11 heteroatoms. The lowest BCUT2D eigenvalue weighted by Crippen LogP contribution is -2.47. The quantitative estimate of drug-likeness (QED) is 0.564. The molecular formula is C23H33N9O2. The van der Waals surface area contributed by atoms with Crippen molar-refractivity contribution in [3.05, 3.63) is 23.7 Å². The minimum atomic E-state index is -0.403. The summed E-state index contributed by atoms with van der Waals surface area (Å²) < 4.78 is 7.46. The number of carbonyl (C=O) groups excluding carboxylic acids is 1. The van der Waals surface area contributed by atoms with E-state index in [4.69, 9.17) is 4.74 Å². The minimum absolute atomic E-state index is 0.275. The second-order valence-electron chi connectivity index (χ2n) is 9.65. The Morgan fingerprint density at radius 1 is 1.35 bits per heavy atom. The Balaban J connectivity index is 1.35. The lowest BCUT2D eigenvalue weighted by Gasteiger charge is -2.36. The van der Waals surface area contributed by atoms with Gasteiger partial charge in [-0.1, -0.05) is 0 Å². The van der Waals surface area contributed by atoms with E-state index in [1.807, 2.05) is 31.6 Å². The van der Waals surface area contributed by atoms with Crippen LogP contribution in [0.25, 0.3) is 0 Å². The number of anilines is 3. The summed E-state index contributed by atoms with van der Waals surface area (Å²) in [6.07, 6.45) is 5.81. The lowest BCUT2D eigenvalue weighted by molar-refractivity contribution is -0.0253. The van der Waals surface area contributed by atoms with Crippen LogP contribution < -0.4 is 10.6 Å². The highest BCUT2D eigenvalue weighted by molar-refractivity contribution is 5.69. The second-order valence-corrected chi connectivity index (χ2v) is 9.65. The Morgan fingerprint density at radius 2 is 2.18 bits per heavy atom. The van der Waals surface area contributed by atoms with E-state index in [0.717, 1.165) is 37.3 Å². The molecule has 0 aromatic carbocycles. The van der Waals surface area contributed by atoms with E-state index < -0.39 is 5.60 Å². The molecule has 11 nitrogen and oxygen atoms in total. The number of rotatable bonds is 8.